The maximum absolute atomic E-state index is 13.2. The molecule has 132 valence electrons. The number of amides is 2. The van der Waals surface area contributed by atoms with Gasteiger partial charge in [0.1, 0.15) is 5.82 Å². The number of hydrogen-bond acceptors (Lipinski definition) is 2. The van der Waals surface area contributed by atoms with E-state index in [0.29, 0.717) is 4.47 Å². The molecule has 0 aliphatic rings. The van der Waals surface area contributed by atoms with Crippen molar-refractivity contribution in [1.29, 1.82) is 0 Å². The molecule has 25 heavy (non-hydrogen) atoms. The van der Waals surface area contributed by atoms with Gasteiger partial charge in [-0.25, -0.2) is 4.39 Å². The standard InChI is InChI=1S/C18H17Br2FN2O2/c1-11(12-3-2-4-13(19)9-12)23-17(24)7-8-22-18(25)15-10-14(21)5-6-16(15)20/h2-6,9-11H,7-8H2,1H3,(H,22,25)(H,23,24). The number of halogens is 3. The first kappa shape index (κ1) is 19.6. The molecule has 2 aromatic carbocycles. The van der Waals surface area contributed by atoms with Crippen LogP contribution in [-0.2, 0) is 4.79 Å². The van der Waals surface area contributed by atoms with Crippen molar-refractivity contribution in [3.8, 4) is 0 Å². The molecule has 0 bridgehead atoms. The third kappa shape index (κ3) is 5.93. The molecule has 7 heteroatoms. The van der Waals surface area contributed by atoms with Gasteiger partial charge in [0.25, 0.3) is 5.91 Å². The van der Waals surface area contributed by atoms with E-state index in [9.17, 15) is 14.0 Å². The van der Waals surface area contributed by atoms with E-state index in [0.717, 1.165) is 16.1 Å². The normalized spacial score (nSPS) is 11.7. The van der Waals surface area contributed by atoms with E-state index in [1.54, 1.807) is 0 Å². The van der Waals surface area contributed by atoms with E-state index in [1.807, 2.05) is 31.2 Å². The number of carbonyl (C=O) groups is 2. The SMILES string of the molecule is CC(NC(=O)CCNC(=O)c1cc(F)ccc1Br)c1cccc(Br)c1. The van der Waals surface area contributed by atoms with Gasteiger partial charge in [0.05, 0.1) is 11.6 Å². The van der Waals surface area contributed by atoms with E-state index in [4.69, 9.17) is 0 Å². The highest BCUT2D eigenvalue weighted by molar-refractivity contribution is 9.10. The molecule has 0 aliphatic heterocycles. The first-order valence-electron chi connectivity index (χ1n) is 7.65. The lowest BCUT2D eigenvalue weighted by Crippen LogP contribution is -2.32. The van der Waals surface area contributed by atoms with E-state index in [1.165, 1.54) is 12.1 Å². The monoisotopic (exact) mass is 470 g/mol. The highest BCUT2D eigenvalue weighted by atomic mass is 79.9. The minimum Gasteiger partial charge on any atom is -0.351 e. The van der Waals surface area contributed by atoms with Crippen molar-refractivity contribution in [2.24, 2.45) is 0 Å². The van der Waals surface area contributed by atoms with Crippen LogP contribution < -0.4 is 10.6 Å². The molecule has 0 spiro atoms. The van der Waals surface area contributed by atoms with Crippen molar-refractivity contribution in [1.82, 2.24) is 10.6 Å². The van der Waals surface area contributed by atoms with Crippen molar-refractivity contribution in [2.45, 2.75) is 19.4 Å². The first-order chi connectivity index (χ1) is 11.9. The van der Waals surface area contributed by atoms with Gasteiger partial charge in [-0.15, -0.1) is 0 Å². The summed E-state index contributed by atoms with van der Waals surface area (Å²) in [5.41, 5.74) is 1.18. The van der Waals surface area contributed by atoms with Crippen LogP contribution >= 0.6 is 31.9 Å². The molecule has 2 aromatic rings. The van der Waals surface area contributed by atoms with Crippen LogP contribution in [0.25, 0.3) is 0 Å². The van der Waals surface area contributed by atoms with Crippen LogP contribution in [0.1, 0.15) is 35.3 Å². The van der Waals surface area contributed by atoms with Crippen molar-refractivity contribution in [3.05, 3.63) is 68.4 Å². The van der Waals surface area contributed by atoms with Gasteiger partial charge in [-0.2, -0.15) is 0 Å². The summed E-state index contributed by atoms with van der Waals surface area (Å²) < 4.78 is 14.7. The summed E-state index contributed by atoms with van der Waals surface area (Å²) in [5, 5.41) is 5.49. The Bertz CT molecular complexity index is 783. The van der Waals surface area contributed by atoms with Gasteiger partial charge in [-0.1, -0.05) is 28.1 Å². The lowest BCUT2D eigenvalue weighted by atomic mass is 10.1. The molecule has 0 fully saturated rings. The highest BCUT2D eigenvalue weighted by Crippen LogP contribution is 2.18. The summed E-state index contributed by atoms with van der Waals surface area (Å²) in [6, 6.07) is 11.4. The molecule has 0 aliphatic carbocycles. The van der Waals surface area contributed by atoms with Crippen molar-refractivity contribution in [2.75, 3.05) is 6.54 Å². The average Bonchev–Trinajstić information content (AvgIpc) is 2.56. The molecule has 1 atom stereocenters. The molecule has 2 amide bonds. The Morgan fingerprint density at radius 2 is 1.92 bits per heavy atom. The van der Waals surface area contributed by atoms with Crippen molar-refractivity contribution >= 4 is 43.7 Å². The summed E-state index contributed by atoms with van der Waals surface area (Å²) in [6.45, 7) is 2.06. The van der Waals surface area contributed by atoms with E-state index >= 15 is 0 Å². The molecule has 0 heterocycles. The summed E-state index contributed by atoms with van der Waals surface area (Å²) in [7, 11) is 0. The molecular formula is C18H17Br2FN2O2. The van der Waals surface area contributed by atoms with Crippen LogP contribution in [0, 0.1) is 5.82 Å². The van der Waals surface area contributed by atoms with Gasteiger partial charge in [-0.05, 0) is 58.7 Å². The lowest BCUT2D eigenvalue weighted by molar-refractivity contribution is -0.121. The molecule has 2 rings (SSSR count). The largest absolute Gasteiger partial charge is 0.351 e. The Balaban J connectivity index is 1.82. The quantitative estimate of drug-likeness (QED) is 0.658. The fourth-order valence-corrected chi connectivity index (χ4v) is 3.07. The summed E-state index contributed by atoms with van der Waals surface area (Å²) >= 11 is 6.60. The smallest absolute Gasteiger partial charge is 0.252 e. The number of carbonyl (C=O) groups excluding carboxylic acids is 2. The van der Waals surface area contributed by atoms with Gasteiger partial charge in [-0.3, -0.25) is 9.59 Å². The Labute approximate surface area is 162 Å². The van der Waals surface area contributed by atoms with Crippen LogP contribution in [-0.4, -0.2) is 18.4 Å². The van der Waals surface area contributed by atoms with Crippen LogP contribution in [0.5, 0.6) is 0 Å². The second-order valence-corrected chi connectivity index (χ2v) is 7.24. The van der Waals surface area contributed by atoms with Gasteiger partial charge in [0.15, 0.2) is 0 Å². The number of benzene rings is 2. The predicted molar refractivity (Wildman–Crippen MR) is 102 cm³/mol. The molecule has 2 N–H and O–H groups in total. The van der Waals surface area contributed by atoms with Gasteiger partial charge in [0.2, 0.25) is 5.91 Å². The second-order valence-electron chi connectivity index (χ2n) is 5.47. The average molecular weight is 472 g/mol. The van der Waals surface area contributed by atoms with Gasteiger partial charge < -0.3 is 10.6 Å². The van der Waals surface area contributed by atoms with Gasteiger partial charge in [0, 0.05) is 21.9 Å². The molecule has 4 nitrogen and oxygen atoms in total. The zero-order chi connectivity index (χ0) is 18.4. The zero-order valence-electron chi connectivity index (χ0n) is 13.5. The van der Waals surface area contributed by atoms with Crippen molar-refractivity contribution < 1.29 is 14.0 Å². The Morgan fingerprint density at radius 1 is 1.16 bits per heavy atom. The topological polar surface area (TPSA) is 58.2 Å². The molecule has 0 saturated heterocycles. The molecule has 0 saturated carbocycles. The fraction of sp³-hybridized carbons (Fsp3) is 0.222. The Morgan fingerprint density at radius 3 is 2.64 bits per heavy atom. The number of rotatable bonds is 6. The first-order valence-corrected chi connectivity index (χ1v) is 9.23. The van der Waals surface area contributed by atoms with Gasteiger partial charge >= 0.3 is 0 Å². The molecule has 0 radical (unpaired) electrons. The van der Waals surface area contributed by atoms with Crippen LogP contribution in [0.15, 0.2) is 51.4 Å². The van der Waals surface area contributed by atoms with Crippen LogP contribution in [0.3, 0.4) is 0 Å². The Hall–Kier alpha value is -1.73. The zero-order valence-corrected chi connectivity index (χ0v) is 16.7. The molecule has 1 unspecified atom stereocenters. The predicted octanol–water partition coefficient (Wildman–Crippen LogP) is 4.35. The second kappa shape index (κ2) is 9.10. The number of hydrogen-bond donors (Lipinski definition) is 2. The minimum atomic E-state index is -0.492. The Kier molecular flexibility index (Phi) is 7.13. The lowest BCUT2D eigenvalue weighted by Gasteiger charge is -2.15. The fourth-order valence-electron chi connectivity index (χ4n) is 2.23. The van der Waals surface area contributed by atoms with Crippen molar-refractivity contribution in [3.63, 3.8) is 0 Å². The molecular weight excluding hydrogens is 455 g/mol. The third-order valence-corrected chi connectivity index (χ3v) is 4.72. The number of nitrogens with one attached hydrogen (secondary N) is 2. The van der Waals surface area contributed by atoms with Crippen LogP contribution in [0.4, 0.5) is 4.39 Å². The maximum atomic E-state index is 13.2. The summed E-state index contributed by atoms with van der Waals surface area (Å²) in [6.07, 6.45) is 0.136. The maximum Gasteiger partial charge on any atom is 0.252 e. The molecule has 0 aromatic heterocycles. The third-order valence-electron chi connectivity index (χ3n) is 3.54. The summed E-state index contributed by atoms with van der Waals surface area (Å²) in [4.78, 5) is 24.0. The summed E-state index contributed by atoms with van der Waals surface area (Å²) in [5.74, 6) is -1.10. The van der Waals surface area contributed by atoms with E-state index in [-0.39, 0.29) is 30.5 Å². The van der Waals surface area contributed by atoms with E-state index in [2.05, 4.69) is 42.5 Å². The minimum absolute atomic E-state index is 0.136. The van der Waals surface area contributed by atoms with E-state index < -0.39 is 11.7 Å². The highest BCUT2D eigenvalue weighted by Gasteiger charge is 2.13. The van der Waals surface area contributed by atoms with Crippen LogP contribution in [0.2, 0.25) is 0 Å².